The summed E-state index contributed by atoms with van der Waals surface area (Å²) in [6.07, 6.45) is -1.10. The number of hydrogen-bond donors (Lipinski definition) is 2. The molecule has 0 saturated heterocycles. The van der Waals surface area contributed by atoms with Gasteiger partial charge >= 0.3 is 0 Å². The van der Waals surface area contributed by atoms with Crippen LogP contribution in [0.3, 0.4) is 0 Å². The summed E-state index contributed by atoms with van der Waals surface area (Å²) in [5.74, 6) is -0.471. The van der Waals surface area contributed by atoms with Crippen LogP contribution in [0.15, 0.2) is 18.2 Å². The second kappa shape index (κ2) is 4.89. The maximum Gasteiger partial charge on any atom is 0.251 e. The van der Waals surface area contributed by atoms with E-state index in [-0.39, 0.29) is 11.9 Å². The van der Waals surface area contributed by atoms with Gasteiger partial charge in [0, 0.05) is 30.6 Å². The maximum atomic E-state index is 12.3. The molecule has 0 radical (unpaired) electrons. The first-order chi connectivity index (χ1) is 9.13. The molecule has 2 aliphatic rings. The van der Waals surface area contributed by atoms with E-state index >= 15 is 0 Å². The number of alkyl halides is 2. The van der Waals surface area contributed by atoms with Gasteiger partial charge in [0.1, 0.15) is 0 Å². The van der Waals surface area contributed by atoms with Gasteiger partial charge in [0.15, 0.2) is 0 Å². The van der Waals surface area contributed by atoms with Gasteiger partial charge in [-0.05, 0) is 30.0 Å². The van der Waals surface area contributed by atoms with E-state index in [0.29, 0.717) is 25.9 Å². The highest BCUT2D eigenvalue weighted by atomic mass is 19.3. The second-order valence-corrected chi connectivity index (χ2v) is 5.32. The summed E-state index contributed by atoms with van der Waals surface area (Å²) >= 11 is 0. The van der Waals surface area contributed by atoms with Gasteiger partial charge in [0.2, 0.25) is 6.43 Å². The van der Waals surface area contributed by atoms with Crippen molar-refractivity contribution >= 4 is 5.91 Å². The molecule has 0 unspecified atom stereocenters. The minimum absolute atomic E-state index is 0.0294. The largest absolute Gasteiger partial charge is 0.348 e. The molecule has 0 spiro atoms. The predicted octanol–water partition coefficient (Wildman–Crippen LogP) is 2.06. The van der Waals surface area contributed by atoms with E-state index in [4.69, 9.17) is 0 Å². The monoisotopic (exact) mass is 266 g/mol. The zero-order valence-electron chi connectivity index (χ0n) is 10.5. The third-order valence-electron chi connectivity index (χ3n) is 3.98. The van der Waals surface area contributed by atoms with Crippen LogP contribution >= 0.6 is 0 Å². The van der Waals surface area contributed by atoms with Crippen molar-refractivity contribution in [2.45, 2.75) is 38.4 Å². The molecule has 102 valence electrons. The van der Waals surface area contributed by atoms with Crippen molar-refractivity contribution in [3.8, 4) is 0 Å². The van der Waals surface area contributed by atoms with E-state index in [2.05, 4.69) is 10.6 Å². The number of halogens is 2. The van der Waals surface area contributed by atoms with Crippen LogP contribution in [-0.4, -0.2) is 18.4 Å². The molecule has 0 atom stereocenters. The fourth-order valence-electron chi connectivity index (χ4n) is 2.67. The molecule has 1 amide bonds. The number of benzene rings is 1. The third-order valence-corrected chi connectivity index (χ3v) is 3.98. The van der Waals surface area contributed by atoms with Crippen molar-refractivity contribution in [3.05, 3.63) is 34.9 Å². The van der Waals surface area contributed by atoms with Gasteiger partial charge < -0.3 is 10.6 Å². The molecule has 1 aliphatic carbocycles. The minimum atomic E-state index is -2.19. The van der Waals surface area contributed by atoms with Crippen LogP contribution in [0.25, 0.3) is 0 Å². The van der Waals surface area contributed by atoms with Gasteiger partial charge in [-0.25, -0.2) is 8.78 Å². The molecule has 1 saturated carbocycles. The first-order valence-corrected chi connectivity index (χ1v) is 6.55. The lowest BCUT2D eigenvalue weighted by molar-refractivity contribution is 0.0156. The van der Waals surface area contributed by atoms with Crippen LogP contribution in [0.5, 0.6) is 0 Å². The molecule has 1 aromatic carbocycles. The topological polar surface area (TPSA) is 41.1 Å². The summed E-state index contributed by atoms with van der Waals surface area (Å²) in [5.41, 5.74) is 2.78. The Kier molecular flexibility index (Phi) is 3.22. The van der Waals surface area contributed by atoms with Gasteiger partial charge in [-0.15, -0.1) is 0 Å². The first kappa shape index (κ1) is 12.5. The lowest BCUT2D eigenvalue weighted by atomic mass is 9.80. The predicted molar refractivity (Wildman–Crippen MR) is 67.0 cm³/mol. The molecule has 2 N–H and O–H groups in total. The molecule has 3 nitrogen and oxygen atoms in total. The number of rotatable bonds is 4. The molecule has 1 aromatic rings. The van der Waals surface area contributed by atoms with E-state index in [1.807, 2.05) is 18.2 Å². The number of nitrogens with one attached hydrogen (secondary N) is 2. The maximum absolute atomic E-state index is 12.3. The molecule has 3 rings (SSSR count). The number of carbonyl (C=O) groups excluding carboxylic acids is 1. The summed E-state index contributed by atoms with van der Waals surface area (Å²) in [6.45, 7) is 1.22. The van der Waals surface area contributed by atoms with Crippen LogP contribution in [0, 0.1) is 5.92 Å². The number of fused-ring (bicyclic) bond motifs is 1. The standard InChI is InChI=1S/C14H16F2N2O/c15-13(16)10-4-11(5-10)17-6-8-1-2-9-7-18-14(19)12(9)3-8/h1-3,10-11,13,17H,4-7H2,(H,18,19). The third kappa shape index (κ3) is 2.47. The average molecular weight is 266 g/mol. The quantitative estimate of drug-likeness (QED) is 0.876. The van der Waals surface area contributed by atoms with E-state index in [1.165, 1.54) is 0 Å². The first-order valence-electron chi connectivity index (χ1n) is 6.55. The van der Waals surface area contributed by atoms with Crippen LogP contribution in [-0.2, 0) is 13.1 Å². The minimum Gasteiger partial charge on any atom is -0.348 e. The van der Waals surface area contributed by atoms with E-state index < -0.39 is 12.3 Å². The Morgan fingerprint density at radius 1 is 1.37 bits per heavy atom. The summed E-state index contributed by atoms with van der Waals surface area (Å²) in [7, 11) is 0. The number of hydrogen-bond acceptors (Lipinski definition) is 2. The molecule has 0 aromatic heterocycles. The average Bonchev–Trinajstić information content (AvgIpc) is 2.68. The fraction of sp³-hybridized carbons (Fsp3) is 0.500. The lowest BCUT2D eigenvalue weighted by Gasteiger charge is -2.35. The molecule has 0 bridgehead atoms. The van der Waals surface area contributed by atoms with E-state index in [1.54, 1.807) is 0 Å². The van der Waals surface area contributed by atoms with Crippen molar-refractivity contribution < 1.29 is 13.6 Å². The van der Waals surface area contributed by atoms with Crippen molar-refractivity contribution in [2.24, 2.45) is 5.92 Å². The molecular weight excluding hydrogens is 250 g/mol. The van der Waals surface area contributed by atoms with Crippen LogP contribution in [0.1, 0.15) is 34.3 Å². The van der Waals surface area contributed by atoms with Gasteiger partial charge in [-0.3, -0.25) is 4.79 Å². The highest BCUT2D eigenvalue weighted by Gasteiger charge is 2.35. The Labute approximate surface area is 110 Å². The zero-order valence-corrected chi connectivity index (χ0v) is 10.5. The summed E-state index contributed by atoms with van der Waals surface area (Å²) in [6, 6.07) is 6.00. The Balaban J connectivity index is 1.54. The molecule has 1 fully saturated rings. The molecule has 5 heteroatoms. The van der Waals surface area contributed by atoms with Crippen molar-refractivity contribution in [1.82, 2.24) is 10.6 Å². The Morgan fingerprint density at radius 3 is 2.89 bits per heavy atom. The van der Waals surface area contributed by atoms with Crippen LogP contribution in [0.2, 0.25) is 0 Å². The smallest absolute Gasteiger partial charge is 0.251 e. The fourth-order valence-corrected chi connectivity index (χ4v) is 2.67. The Morgan fingerprint density at radius 2 is 2.16 bits per heavy atom. The molecule has 19 heavy (non-hydrogen) atoms. The van der Waals surface area contributed by atoms with Gasteiger partial charge in [0.05, 0.1) is 0 Å². The summed E-state index contributed by atoms with van der Waals surface area (Å²) < 4.78 is 24.7. The van der Waals surface area contributed by atoms with Crippen molar-refractivity contribution in [2.75, 3.05) is 0 Å². The van der Waals surface area contributed by atoms with Gasteiger partial charge in [-0.1, -0.05) is 12.1 Å². The second-order valence-electron chi connectivity index (χ2n) is 5.32. The highest BCUT2D eigenvalue weighted by Crippen LogP contribution is 2.32. The molecule has 1 heterocycles. The Hall–Kier alpha value is -1.49. The van der Waals surface area contributed by atoms with Gasteiger partial charge in [-0.2, -0.15) is 0 Å². The summed E-state index contributed by atoms with van der Waals surface area (Å²) in [5, 5.41) is 6.04. The highest BCUT2D eigenvalue weighted by molar-refractivity contribution is 5.98. The molecular formula is C14H16F2N2O. The summed E-state index contributed by atoms with van der Waals surface area (Å²) in [4.78, 5) is 11.5. The zero-order chi connectivity index (χ0) is 13.4. The number of amides is 1. The lowest BCUT2D eigenvalue weighted by Crippen LogP contribution is -2.43. The SMILES string of the molecule is O=C1NCc2ccc(CNC3CC(C(F)F)C3)cc21. The van der Waals surface area contributed by atoms with Crippen molar-refractivity contribution in [3.63, 3.8) is 0 Å². The van der Waals surface area contributed by atoms with Gasteiger partial charge in [0.25, 0.3) is 5.91 Å². The van der Waals surface area contributed by atoms with Crippen LogP contribution in [0.4, 0.5) is 8.78 Å². The van der Waals surface area contributed by atoms with Crippen LogP contribution < -0.4 is 10.6 Å². The number of carbonyl (C=O) groups is 1. The Bertz CT molecular complexity index is 498. The van der Waals surface area contributed by atoms with Crippen molar-refractivity contribution in [1.29, 1.82) is 0 Å². The molecule has 1 aliphatic heterocycles. The normalized spacial score (nSPS) is 25.1. The van der Waals surface area contributed by atoms with E-state index in [0.717, 1.165) is 16.7 Å². The van der Waals surface area contributed by atoms with E-state index in [9.17, 15) is 13.6 Å².